The lowest BCUT2D eigenvalue weighted by Gasteiger charge is -2.08. The first-order valence-electron chi connectivity index (χ1n) is 6.11. The Bertz CT molecular complexity index is 330. The minimum absolute atomic E-state index is 0.0435. The van der Waals surface area contributed by atoms with Gasteiger partial charge < -0.3 is 10.1 Å². The van der Waals surface area contributed by atoms with Crippen molar-refractivity contribution in [3.63, 3.8) is 0 Å². The summed E-state index contributed by atoms with van der Waals surface area (Å²) in [6.45, 7) is 1.45. The summed E-state index contributed by atoms with van der Waals surface area (Å²) in [4.78, 5) is 0. The molecule has 0 atom stereocenters. The van der Waals surface area contributed by atoms with Gasteiger partial charge in [-0.3, -0.25) is 4.74 Å². The maximum Gasteiger partial charge on any atom is 0.522 e. The van der Waals surface area contributed by atoms with Crippen LogP contribution in [0.3, 0.4) is 0 Å². The summed E-state index contributed by atoms with van der Waals surface area (Å²) in [7, 11) is 0. The third kappa shape index (κ3) is 9.47. The fourth-order valence-corrected chi connectivity index (χ4v) is 1.45. The zero-order valence-corrected chi connectivity index (χ0v) is 10.6. The molecule has 1 rings (SSSR count). The van der Waals surface area contributed by atoms with Gasteiger partial charge in [0, 0.05) is 13.2 Å². The Morgan fingerprint density at radius 3 is 2.42 bits per heavy atom. The van der Waals surface area contributed by atoms with Crippen LogP contribution in [-0.4, -0.2) is 32.7 Å². The summed E-state index contributed by atoms with van der Waals surface area (Å²) in [5, 5.41) is 3.23. The van der Waals surface area contributed by atoms with Gasteiger partial charge in [0.15, 0.2) is 0 Å². The minimum Gasteiger partial charge on any atom is -0.379 e. The molecule has 3 nitrogen and oxygen atoms in total. The number of ether oxygens (including phenoxy) is 2. The summed E-state index contributed by atoms with van der Waals surface area (Å²) in [5.74, 6) is 0. The van der Waals surface area contributed by atoms with Crippen LogP contribution in [0.5, 0.6) is 0 Å². The summed E-state index contributed by atoms with van der Waals surface area (Å²) in [5.41, 5.74) is 1.20. The number of rotatable bonds is 9. The van der Waals surface area contributed by atoms with Crippen LogP contribution in [0.25, 0.3) is 0 Å². The predicted molar refractivity (Wildman–Crippen MR) is 65.6 cm³/mol. The summed E-state index contributed by atoms with van der Waals surface area (Å²) in [6.07, 6.45) is -3.82. The van der Waals surface area contributed by atoms with Crippen molar-refractivity contribution in [2.24, 2.45) is 0 Å². The van der Waals surface area contributed by atoms with Crippen LogP contribution in [0.4, 0.5) is 13.2 Å². The van der Waals surface area contributed by atoms with Crippen molar-refractivity contribution in [2.75, 3.05) is 26.4 Å². The molecule has 0 unspecified atom stereocenters. The summed E-state index contributed by atoms with van der Waals surface area (Å²) >= 11 is 0. The van der Waals surface area contributed by atoms with E-state index in [0.29, 0.717) is 6.61 Å². The van der Waals surface area contributed by atoms with Gasteiger partial charge in [-0.1, -0.05) is 30.3 Å². The van der Waals surface area contributed by atoms with E-state index in [2.05, 4.69) is 10.1 Å². The Balaban J connectivity index is 1.87. The van der Waals surface area contributed by atoms with Gasteiger partial charge >= 0.3 is 6.36 Å². The van der Waals surface area contributed by atoms with E-state index in [9.17, 15) is 13.2 Å². The van der Waals surface area contributed by atoms with Crippen LogP contribution < -0.4 is 5.32 Å². The second-order valence-electron chi connectivity index (χ2n) is 3.92. The Morgan fingerprint density at radius 2 is 1.74 bits per heavy atom. The van der Waals surface area contributed by atoms with Crippen molar-refractivity contribution in [3.05, 3.63) is 35.9 Å². The molecule has 0 radical (unpaired) electrons. The van der Waals surface area contributed by atoms with Crippen molar-refractivity contribution in [1.82, 2.24) is 5.32 Å². The lowest BCUT2D eigenvalue weighted by Crippen LogP contribution is -2.19. The molecule has 6 heteroatoms. The van der Waals surface area contributed by atoms with Crippen LogP contribution in [0.15, 0.2) is 30.3 Å². The highest BCUT2D eigenvalue weighted by molar-refractivity contribution is 5.14. The average Bonchev–Trinajstić information content (AvgIpc) is 2.37. The minimum atomic E-state index is -4.57. The molecule has 0 saturated heterocycles. The molecule has 1 N–H and O–H groups in total. The second-order valence-corrected chi connectivity index (χ2v) is 3.92. The largest absolute Gasteiger partial charge is 0.522 e. The maximum absolute atomic E-state index is 11.6. The highest BCUT2D eigenvalue weighted by Gasteiger charge is 2.28. The SMILES string of the molecule is FC(F)(F)OCCOCCCNCc1ccccc1. The Labute approximate surface area is 110 Å². The lowest BCUT2D eigenvalue weighted by atomic mass is 10.2. The molecule has 19 heavy (non-hydrogen) atoms. The van der Waals surface area contributed by atoms with Crippen LogP contribution in [0.1, 0.15) is 12.0 Å². The van der Waals surface area contributed by atoms with E-state index in [-0.39, 0.29) is 6.61 Å². The lowest BCUT2D eigenvalue weighted by molar-refractivity contribution is -0.327. The van der Waals surface area contributed by atoms with Crippen molar-refractivity contribution in [1.29, 1.82) is 0 Å². The first-order valence-corrected chi connectivity index (χ1v) is 6.11. The highest BCUT2D eigenvalue weighted by Crippen LogP contribution is 2.15. The van der Waals surface area contributed by atoms with Crippen LogP contribution >= 0.6 is 0 Å². The Hall–Kier alpha value is -1.11. The molecule has 0 bridgehead atoms. The van der Waals surface area contributed by atoms with Gasteiger partial charge in [0.25, 0.3) is 0 Å². The Kier molecular flexibility index (Phi) is 7.47. The summed E-state index contributed by atoms with van der Waals surface area (Å²) < 4.78 is 43.4. The van der Waals surface area contributed by atoms with Gasteiger partial charge in [0.2, 0.25) is 0 Å². The molecule has 0 fully saturated rings. The molecular formula is C13H18F3NO2. The van der Waals surface area contributed by atoms with Gasteiger partial charge in [-0.15, -0.1) is 13.2 Å². The normalized spacial score (nSPS) is 11.7. The number of benzene rings is 1. The van der Waals surface area contributed by atoms with E-state index in [0.717, 1.165) is 19.5 Å². The van der Waals surface area contributed by atoms with E-state index >= 15 is 0 Å². The topological polar surface area (TPSA) is 30.5 Å². The molecule has 0 aromatic heterocycles. The van der Waals surface area contributed by atoms with Crippen LogP contribution in [-0.2, 0) is 16.0 Å². The molecule has 0 aliphatic carbocycles. The zero-order valence-electron chi connectivity index (χ0n) is 10.6. The number of halogens is 3. The van der Waals surface area contributed by atoms with E-state index in [4.69, 9.17) is 4.74 Å². The van der Waals surface area contributed by atoms with E-state index in [1.165, 1.54) is 5.56 Å². The molecule has 1 aromatic carbocycles. The van der Waals surface area contributed by atoms with Gasteiger partial charge in [-0.25, -0.2) is 0 Å². The van der Waals surface area contributed by atoms with Gasteiger partial charge in [0.05, 0.1) is 13.2 Å². The summed E-state index contributed by atoms with van der Waals surface area (Å²) in [6, 6.07) is 9.96. The van der Waals surface area contributed by atoms with Crippen molar-refractivity contribution in [2.45, 2.75) is 19.3 Å². The Morgan fingerprint density at radius 1 is 1.00 bits per heavy atom. The molecule has 0 spiro atoms. The molecule has 108 valence electrons. The smallest absolute Gasteiger partial charge is 0.379 e. The van der Waals surface area contributed by atoms with Gasteiger partial charge in [0.1, 0.15) is 0 Å². The molecule has 1 aromatic rings. The zero-order chi connectivity index (χ0) is 14.0. The highest BCUT2D eigenvalue weighted by atomic mass is 19.4. The number of hydrogen-bond donors (Lipinski definition) is 1. The maximum atomic E-state index is 11.6. The molecule has 0 saturated carbocycles. The molecule has 0 amide bonds. The predicted octanol–water partition coefficient (Wildman–Crippen LogP) is 2.72. The van der Waals surface area contributed by atoms with E-state index in [1.54, 1.807) is 0 Å². The van der Waals surface area contributed by atoms with Crippen molar-refractivity contribution >= 4 is 0 Å². The molecule has 0 aliphatic rings. The standard InChI is InChI=1S/C13H18F3NO2/c14-13(15,16)19-10-9-18-8-4-7-17-11-12-5-2-1-3-6-12/h1-3,5-6,17H,4,7-11H2. The fourth-order valence-electron chi connectivity index (χ4n) is 1.45. The monoisotopic (exact) mass is 277 g/mol. The number of alkyl halides is 3. The molecular weight excluding hydrogens is 259 g/mol. The third-order valence-corrected chi connectivity index (χ3v) is 2.31. The fraction of sp³-hybridized carbons (Fsp3) is 0.538. The van der Waals surface area contributed by atoms with E-state index in [1.807, 2.05) is 30.3 Å². The first kappa shape index (κ1) is 15.9. The third-order valence-electron chi connectivity index (χ3n) is 2.31. The van der Waals surface area contributed by atoms with Gasteiger partial charge in [-0.05, 0) is 18.5 Å². The number of hydrogen-bond acceptors (Lipinski definition) is 3. The first-order chi connectivity index (χ1) is 9.08. The van der Waals surface area contributed by atoms with Crippen LogP contribution in [0.2, 0.25) is 0 Å². The second kappa shape index (κ2) is 8.90. The molecule has 0 heterocycles. The van der Waals surface area contributed by atoms with Crippen molar-refractivity contribution in [3.8, 4) is 0 Å². The quantitative estimate of drug-likeness (QED) is 0.704. The van der Waals surface area contributed by atoms with Crippen LogP contribution in [0, 0.1) is 0 Å². The number of nitrogens with one attached hydrogen (secondary N) is 1. The molecule has 0 aliphatic heterocycles. The average molecular weight is 277 g/mol. The van der Waals surface area contributed by atoms with Crippen molar-refractivity contribution < 1.29 is 22.6 Å². The van der Waals surface area contributed by atoms with Gasteiger partial charge in [-0.2, -0.15) is 0 Å². The van der Waals surface area contributed by atoms with E-state index < -0.39 is 13.0 Å².